The lowest BCUT2D eigenvalue weighted by atomic mass is 10.1. The van der Waals surface area contributed by atoms with Crippen LogP contribution >= 0.6 is 11.6 Å². The van der Waals surface area contributed by atoms with Crippen molar-refractivity contribution < 1.29 is 13.0 Å². The Balaban J connectivity index is 0.000000231. The van der Waals surface area contributed by atoms with E-state index in [1.807, 2.05) is 31.2 Å². The van der Waals surface area contributed by atoms with Crippen LogP contribution in [0.5, 0.6) is 0 Å². The molecule has 4 N–H and O–H groups in total. The number of hydrogen-bond acceptors (Lipinski definition) is 3. The number of nitrogens with two attached hydrogens (primary N) is 1. The van der Waals surface area contributed by atoms with Gasteiger partial charge in [-0.1, -0.05) is 41.4 Å². The van der Waals surface area contributed by atoms with Gasteiger partial charge in [-0.25, -0.2) is 0 Å². The maximum Gasteiger partial charge on any atom is 0.294 e. The van der Waals surface area contributed by atoms with E-state index in [1.165, 1.54) is 12.1 Å². The maximum atomic E-state index is 10.5. The first kappa shape index (κ1) is 19.2. The molecule has 0 amide bonds. The van der Waals surface area contributed by atoms with Crippen molar-refractivity contribution in [2.75, 3.05) is 0 Å². The molecule has 0 saturated carbocycles. The summed E-state index contributed by atoms with van der Waals surface area (Å²) in [5, 5.41) is 7.78. The van der Waals surface area contributed by atoms with Crippen LogP contribution in [0.4, 0.5) is 0 Å². The van der Waals surface area contributed by atoms with Crippen LogP contribution in [0.2, 0.25) is 5.02 Å². The third-order valence-corrected chi connectivity index (χ3v) is 4.03. The summed E-state index contributed by atoms with van der Waals surface area (Å²) in [6, 6.07) is 13.6. The number of benzene rings is 2. The van der Waals surface area contributed by atoms with E-state index in [0.717, 1.165) is 22.6 Å². The lowest BCUT2D eigenvalue weighted by Crippen LogP contribution is -2.10. The molecular weight excluding hydrogens is 336 g/mol. The van der Waals surface area contributed by atoms with Crippen molar-refractivity contribution in [2.24, 2.45) is 5.73 Å². The number of nitrogens with one attached hydrogen (secondary N) is 1. The molecule has 2 aromatic rings. The van der Waals surface area contributed by atoms with Gasteiger partial charge in [0.15, 0.2) is 0 Å². The zero-order chi connectivity index (χ0) is 17.5. The summed E-state index contributed by atoms with van der Waals surface area (Å²) in [6.45, 7) is 1.84. The van der Waals surface area contributed by atoms with E-state index in [2.05, 4.69) is 0 Å². The molecule has 0 fully saturated rings. The van der Waals surface area contributed by atoms with Crippen LogP contribution < -0.4 is 5.73 Å². The van der Waals surface area contributed by atoms with Gasteiger partial charge in [-0.2, -0.15) is 8.42 Å². The summed E-state index contributed by atoms with van der Waals surface area (Å²) in [5.41, 5.74) is 7.35. The summed E-state index contributed by atoms with van der Waals surface area (Å²) >= 11 is 5.71. The van der Waals surface area contributed by atoms with E-state index in [0.29, 0.717) is 6.42 Å². The molecular formula is C16H19ClN2O3S. The molecule has 0 unspecified atom stereocenters. The van der Waals surface area contributed by atoms with Gasteiger partial charge >= 0.3 is 0 Å². The van der Waals surface area contributed by atoms with E-state index in [1.54, 1.807) is 12.1 Å². The van der Waals surface area contributed by atoms with Crippen LogP contribution in [0.3, 0.4) is 0 Å². The average Bonchev–Trinajstić information content (AvgIpc) is 2.47. The van der Waals surface area contributed by atoms with Gasteiger partial charge in [-0.3, -0.25) is 9.96 Å². The highest BCUT2D eigenvalue weighted by Crippen LogP contribution is 2.10. The van der Waals surface area contributed by atoms with Crippen LogP contribution in [-0.2, 0) is 16.5 Å². The predicted octanol–water partition coefficient (Wildman–Crippen LogP) is 3.45. The Morgan fingerprint density at radius 3 is 2.09 bits per heavy atom. The van der Waals surface area contributed by atoms with Crippen molar-refractivity contribution in [2.45, 2.75) is 24.7 Å². The molecule has 124 valence electrons. The summed E-state index contributed by atoms with van der Waals surface area (Å²) < 4.78 is 29.6. The molecule has 5 nitrogen and oxygen atoms in total. The van der Waals surface area contributed by atoms with Crippen LogP contribution in [0.15, 0.2) is 53.4 Å². The topological polar surface area (TPSA) is 104 Å². The largest absolute Gasteiger partial charge is 0.388 e. The summed E-state index contributed by atoms with van der Waals surface area (Å²) in [7, 11) is -4.02. The molecule has 0 aromatic heterocycles. The molecule has 0 spiro atoms. The van der Waals surface area contributed by atoms with Crippen molar-refractivity contribution in [1.82, 2.24) is 0 Å². The molecule has 0 atom stereocenters. The Labute approximate surface area is 141 Å². The van der Waals surface area contributed by atoms with Crippen LogP contribution in [-0.4, -0.2) is 18.8 Å². The molecule has 2 aromatic carbocycles. The van der Waals surface area contributed by atoms with E-state index >= 15 is 0 Å². The van der Waals surface area contributed by atoms with Crippen LogP contribution in [0.25, 0.3) is 0 Å². The summed E-state index contributed by atoms with van der Waals surface area (Å²) in [4.78, 5) is -0.0666. The fraction of sp³-hybridized carbons (Fsp3) is 0.188. The van der Waals surface area contributed by atoms with Crippen molar-refractivity contribution >= 4 is 27.6 Å². The SMILES string of the molecule is Cc1ccc(S(=O)(=O)O)cc1.N=C(N)CCc1ccc(Cl)cc1. The highest BCUT2D eigenvalue weighted by molar-refractivity contribution is 7.85. The lowest BCUT2D eigenvalue weighted by Gasteiger charge is -1.99. The first-order valence-corrected chi connectivity index (χ1v) is 8.62. The second-order valence-electron chi connectivity index (χ2n) is 4.94. The Hall–Kier alpha value is -1.89. The zero-order valence-corrected chi connectivity index (χ0v) is 14.2. The van der Waals surface area contributed by atoms with Gasteiger partial charge in [0.1, 0.15) is 0 Å². The van der Waals surface area contributed by atoms with Crippen LogP contribution in [0.1, 0.15) is 17.5 Å². The van der Waals surface area contributed by atoms with Gasteiger partial charge in [-0.05, 0) is 43.2 Å². The molecule has 23 heavy (non-hydrogen) atoms. The van der Waals surface area contributed by atoms with E-state index in [9.17, 15) is 8.42 Å². The first-order chi connectivity index (χ1) is 10.7. The zero-order valence-electron chi connectivity index (χ0n) is 12.7. The Morgan fingerprint density at radius 2 is 1.65 bits per heavy atom. The van der Waals surface area contributed by atoms with Crippen molar-refractivity contribution in [3.8, 4) is 0 Å². The molecule has 0 bridgehead atoms. The first-order valence-electron chi connectivity index (χ1n) is 6.80. The third-order valence-electron chi connectivity index (χ3n) is 2.92. The van der Waals surface area contributed by atoms with Crippen LogP contribution in [0, 0.1) is 12.3 Å². The van der Waals surface area contributed by atoms with Gasteiger partial charge in [0.2, 0.25) is 0 Å². The highest BCUT2D eigenvalue weighted by atomic mass is 35.5. The molecule has 0 radical (unpaired) electrons. The van der Waals surface area contributed by atoms with Gasteiger partial charge in [0.05, 0.1) is 10.7 Å². The fourth-order valence-electron chi connectivity index (χ4n) is 1.64. The molecule has 0 aliphatic carbocycles. The van der Waals surface area contributed by atoms with E-state index in [-0.39, 0.29) is 10.7 Å². The lowest BCUT2D eigenvalue weighted by molar-refractivity contribution is 0.483. The van der Waals surface area contributed by atoms with Gasteiger partial charge in [-0.15, -0.1) is 0 Å². The second-order valence-corrected chi connectivity index (χ2v) is 6.80. The Morgan fingerprint density at radius 1 is 1.13 bits per heavy atom. The molecule has 0 aliphatic heterocycles. The Bertz CT molecular complexity index is 742. The number of rotatable bonds is 4. The minimum Gasteiger partial charge on any atom is -0.388 e. The van der Waals surface area contributed by atoms with E-state index < -0.39 is 10.1 Å². The number of halogens is 1. The monoisotopic (exact) mass is 354 g/mol. The van der Waals surface area contributed by atoms with Crippen molar-refractivity contribution in [3.63, 3.8) is 0 Å². The molecule has 0 heterocycles. The summed E-state index contributed by atoms with van der Waals surface area (Å²) in [6.07, 6.45) is 1.42. The number of aryl methyl sites for hydroxylation is 2. The van der Waals surface area contributed by atoms with Crippen molar-refractivity contribution in [3.05, 3.63) is 64.7 Å². The standard InChI is InChI=1S/C9H11ClN2.C7H8O3S/c10-8-4-1-7(2-5-8)3-6-9(11)12;1-6-2-4-7(5-3-6)11(8,9)10/h1-2,4-5H,3,6H2,(H3,11,12);2-5H,1H3,(H,8,9,10). The minimum absolute atomic E-state index is 0.0666. The quantitative estimate of drug-likeness (QED) is 0.444. The predicted molar refractivity (Wildman–Crippen MR) is 92.7 cm³/mol. The highest BCUT2D eigenvalue weighted by Gasteiger charge is 2.06. The number of amidine groups is 1. The third kappa shape index (κ3) is 7.78. The molecule has 0 saturated heterocycles. The Kier molecular flexibility index (Phi) is 7.22. The van der Waals surface area contributed by atoms with Gasteiger partial charge in [0, 0.05) is 11.4 Å². The maximum absolute atomic E-state index is 10.5. The van der Waals surface area contributed by atoms with Crippen molar-refractivity contribution in [1.29, 1.82) is 5.41 Å². The minimum atomic E-state index is -4.02. The molecule has 7 heteroatoms. The number of hydrogen-bond donors (Lipinski definition) is 3. The molecule has 0 aliphatic rings. The second kappa shape index (κ2) is 8.67. The summed E-state index contributed by atoms with van der Waals surface area (Å²) in [5.74, 6) is 0.227. The smallest absolute Gasteiger partial charge is 0.294 e. The van der Waals surface area contributed by atoms with E-state index in [4.69, 9.17) is 27.3 Å². The normalized spacial score (nSPS) is 10.6. The fourth-order valence-corrected chi connectivity index (χ4v) is 2.25. The van der Waals surface area contributed by atoms with Gasteiger partial charge in [0.25, 0.3) is 10.1 Å². The molecule has 2 rings (SSSR count). The average molecular weight is 355 g/mol. The van der Waals surface area contributed by atoms with Gasteiger partial charge < -0.3 is 5.73 Å².